The average Bonchev–Trinajstić information content (AvgIpc) is 2.04. The van der Waals surface area contributed by atoms with Gasteiger partial charge < -0.3 is 0 Å². The first kappa shape index (κ1) is 10.4. The Balaban J connectivity index is 3.20. The van der Waals surface area contributed by atoms with Crippen molar-refractivity contribution in [2.24, 2.45) is 5.92 Å². The van der Waals surface area contributed by atoms with Gasteiger partial charge in [0.05, 0.1) is 6.61 Å². The summed E-state index contributed by atoms with van der Waals surface area (Å²) >= 11 is 0. The smallest absolute Gasteiger partial charge is 0.298 e. The van der Waals surface area contributed by atoms with Gasteiger partial charge in [-0.15, -0.1) is 0 Å². The van der Waals surface area contributed by atoms with Gasteiger partial charge in [0.25, 0.3) is 0 Å². The van der Waals surface area contributed by atoms with E-state index in [1.807, 2.05) is 6.92 Å². The lowest BCUT2D eigenvalue weighted by Crippen LogP contribution is -2.09. The second kappa shape index (κ2) is 6.16. The normalized spacial score (nSPS) is 12.6. The van der Waals surface area contributed by atoms with E-state index in [0.29, 0.717) is 18.9 Å². The van der Waals surface area contributed by atoms with E-state index in [0.717, 1.165) is 6.42 Å². The molecular weight excluding hydrogens is 144 g/mol. The fourth-order valence-corrected chi connectivity index (χ4v) is 0.393. The summed E-state index contributed by atoms with van der Waals surface area (Å²) in [6.45, 7) is 6.33. The van der Waals surface area contributed by atoms with Gasteiger partial charge in [-0.2, -0.15) is 4.89 Å². The summed E-state index contributed by atoms with van der Waals surface area (Å²) in [5, 5.41) is 0. The molecule has 0 aliphatic carbocycles. The molecule has 0 N–H and O–H groups in total. The molecule has 0 rings (SSSR count). The maximum absolute atomic E-state index is 10.5. The van der Waals surface area contributed by atoms with Crippen molar-refractivity contribution >= 4 is 5.97 Å². The Morgan fingerprint density at radius 3 is 2.55 bits per heavy atom. The molecule has 0 bridgehead atoms. The van der Waals surface area contributed by atoms with Gasteiger partial charge in [-0.25, -0.2) is 4.79 Å². The summed E-state index contributed by atoms with van der Waals surface area (Å²) in [6, 6.07) is 0. The molecule has 3 nitrogen and oxygen atoms in total. The maximum Gasteiger partial charge on any atom is 0.342 e. The topological polar surface area (TPSA) is 35.5 Å². The Labute approximate surface area is 67.6 Å². The summed E-state index contributed by atoms with van der Waals surface area (Å²) in [7, 11) is 0. The highest BCUT2D eigenvalue weighted by atomic mass is 17.2. The molecule has 0 aromatic heterocycles. The average molecular weight is 160 g/mol. The number of hydrogen-bond acceptors (Lipinski definition) is 3. The quantitative estimate of drug-likeness (QED) is 0.455. The van der Waals surface area contributed by atoms with Crippen molar-refractivity contribution in [3.05, 3.63) is 0 Å². The van der Waals surface area contributed by atoms with Crippen molar-refractivity contribution in [2.75, 3.05) is 6.61 Å². The molecule has 0 unspecified atom stereocenters. The highest BCUT2D eigenvalue weighted by Crippen LogP contribution is 2.00. The van der Waals surface area contributed by atoms with E-state index in [2.05, 4.69) is 16.7 Å². The first-order valence-corrected chi connectivity index (χ1v) is 4.03. The minimum atomic E-state index is -0.312. The standard InChI is InChI=1S/C8H16O3/c1-4-7(3)6-10-11-8(9)5-2/h7H,4-6H2,1-3H3/t7-/m0/s1. The van der Waals surface area contributed by atoms with Crippen LogP contribution in [-0.4, -0.2) is 12.6 Å². The highest BCUT2D eigenvalue weighted by Gasteiger charge is 2.02. The van der Waals surface area contributed by atoms with Crippen LogP contribution in [0.2, 0.25) is 0 Å². The van der Waals surface area contributed by atoms with Crippen LogP contribution in [0.3, 0.4) is 0 Å². The molecule has 0 amide bonds. The first-order valence-electron chi connectivity index (χ1n) is 4.03. The van der Waals surface area contributed by atoms with Crippen molar-refractivity contribution in [1.82, 2.24) is 0 Å². The molecule has 66 valence electrons. The lowest BCUT2D eigenvalue weighted by atomic mass is 10.1. The molecule has 0 aliphatic rings. The van der Waals surface area contributed by atoms with Gasteiger partial charge >= 0.3 is 5.97 Å². The lowest BCUT2D eigenvalue weighted by Gasteiger charge is -2.06. The van der Waals surface area contributed by atoms with E-state index in [9.17, 15) is 4.79 Å². The Hall–Kier alpha value is -0.570. The Morgan fingerprint density at radius 1 is 1.45 bits per heavy atom. The van der Waals surface area contributed by atoms with Crippen molar-refractivity contribution in [2.45, 2.75) is 33.6 Å². The molecule has 0 fully saturated rings. The van der Waals surface area contributed by atoms with Gasteiger partial charge in [-0.3, -0.25) is 4.89 Å². The summed E-state index contributed by atoms with van der Waals surface area (Å²) in [6.07, 6.45) is 1.39. The number of carbonyl (C=O) groups excluding carboxylic acids is 1. The Bertz CT molecular complexity index is 112. The highest BCUT2D eigenvalue weighted by molar-refractivity contribution is 5.68. The summed E-state index contributed by atoms with van der Waals surface area (Å²) in [5.41, 5.74) is 0. The van der Waals surface area contributed by atoms with Gasteiger partial charge in [0.1, 0.15) is 0 Å². The van der Waals surface area contributed by atoms with Crippen molar-refractivity contribution < 1.29 is 14.6 Å². The zero-order chi connectivity index (χ0) is 8.69. The van der Waals surface area contributed by atoms with Crippen LogP contribution in [0.5, 0.6) is 0 Å². The van der Waals surface area contributed by atoms with Gasteiger partial charge in [0.2, 0.25) is 0 Å². The second-order valence-corrected chi connectivity index (χ2v) is 2.61. The number of hydrogen-bond donors (Lipinski definition) is 0. The van der Waals surface area contributed by atoms with Crippen LogP contribution >= 0.6 is 0 Å². The largest absolute Gasteiger partial charge is 0.342 e. The summed E-state index contributed by atoms with van der Waals surface area (Å²) < 4.78 is 0. The van der Waals surface area contributed by atoms with E-state index in [4.69, 9.17) is 0 Å². The molecule has 0 spiro atoms. The maximum atomic E-state index is 10.5. The van der Waals surface area contributed by atoms with Crippen LogP contribution in [0, 0.1) is 5.92 Å². The van der Waals surface area contributed by atoms with Crippen LogP contribution in [0.4, 0.5) is 0 Å². The third-order valence-corrected chi connectivity index (χ3v) is 1.49. The van der Waals surface area contributed by atoms with Gasteiger partial charge in [0.15, 0.2) is 0 Å². The molecule has 11 heavy (non-hydrogen) atoms. The fraction of sp³-hybridized carbons (Fsp3) is 0.875. The SMILES string of the molecule is CCC(=O)OOC[C@@H](C)CC. The van der Waals surface area contributed by atoms with E-state index < -0.39 is 0 Å². The van der Waals surface area contributed by atoms with Gasteiger partial charge in [-0.1, -0.05) is 27.2 Å². The summed E-state index contributed by atoms with van der Waals surface area (Å²) in [5.74, 6) is 0.132. The Morgan fingerprint density at radius 2 is 2.09 bits per heavy atom. The van der Waals surface area contributed by atoms with Crippen LogP contribution in [0.25, 0.3) is 0 Å². The molecule has 0 radical (unpaired) electrons. The minimum Gasteiger partial charge on any atom is -0.298 e. The molecule has 0 saturated heterocycles. The van der Waals surface area contributed by atoms with Gasteiger partial charge in [0, 0.05) is 6.42 Å². The van der Waals surface area contributed by atoms with Crippen LogP contribution in [0.1, 0.15) is 33.6 Å². The number of rotatable bonds is 5. The third kappa shape index (κ3) is 5.85. The monoisotopic (exact) mass is 160 g/mol. The van der Waals surface area contributed by atoms with E-state index >= 15 is 0 Å². The van der Waals surface area contributed by atoms with Crippen molar-refractivity contribution in [3.63, 3.8) is 0 Å². The van der Waals surface area contributed by atoms with Crippen LogP contribution < -0.4 is 0 Å². The van der Waals surface area contributed by atoms with Crippen molar-refractivity contribution in [1.29, 1.82) is 0 Å². The van der Waals surface area contributed by atoms with Crippen molar-refractivity contribution in [3.8, 4) is 0 Å². The lowest BCUT2D eigenvalue weighted by molar-refractivity contribution is -0.277. The molecule has 0 aromatic carbocycles. The van der Waals surface area contributed by atoms with Crippen LogP contribution in [-0.2, 0) is 14.6 Å². The zero-order valence-electron chi connectivity index (χ0n) is 7.42. The minimum absolute atomic E-state index is 0.312. The molecule has 0 heterocycles. The predicted octanol–water partition coefficient (Wildman–Crippen LogP) is 1.92. The number of carbonyl (C=O) groups is 1. The van der Waals surface area contributed by atoms with Gasteiger partial charge in [-0.05, 0) is 5.92 Å². The van der Waals surface area contributed by atoms with E-state index in [1.54, 1.807) is 6.92 Å². The first-order chi connectivity index (χ1) is 5.20. The second-order valence-electron chi connectivity index (χ2n) is 2.61. The molecular formula is C8H16O3. The molecule has 0 aliphatic heterocycles. The molecule has 1 atom stereocenters. The van der Waals surface area contributed by atoms with E-state index in [1.165, 1.54) is 0 Å². The molecule has 3 heteroatoms. The molecule has 0 aromatic rings. The predicted molar refractivity (Wildman–Crippen MR) is 41.8 cm³/mol. The Kier molecular flexibility index (Phi) is 5.84. The zero-order valence-corrected chi connectivity index (χ0v) is 7.42. The summed E-state index contributed by atoms with van der Waals surface area (Å²) in [4.78, 5) is 19.6. The van der Waals surface area contributed by atoms with Crippen LogP contribution in [0.15, 0.2) is 0 Å². The third-order valence-electron chi connectivity index (χ3n) is 1.49. The fourth-order valence-electron chi connectivity index (χ4n) is 0.393. The molecule has 0 saturated carbocycles. The van der Waals surface area contributed by atoms with E-state index in [-0.39, 0.29) is 5.97 Å².